The summed E-state index contributed by atoms with van der Waals surface area (Å²) in [6, 6.07) is 12.6. The van der Waals surface area contributed by atoms with Crippen LogP contribution in [0, 0.1) is 0 Å². The summed E-state index contributed by atoms with van der Waals surface area (Å²) in [7, 11) is -3.59. The number of hydrogen-bond acceptors (Lipinski definition) is 4. The number of aromatic nitrogens is 1. The van der Waals surface area contributed by atoms with Gasteiger partial charge in [-0.3, -0.25) is 0 Å². The van der Waals surface area contributed by atoms with Gasteiger partial charge < -0.3 is 4.74 Å². The lowest BCUT2D eigenvalue weighted by Crippen LogP contribution is -2.42. The fraction of sp³-hybridized carbons (Fsp3) is 0.267. The van der Waals surface area contributed by atoms with Crippen molar-refractivity contribution in [2.24, 2.45) is 0 Å². The topological polar surface area (TPSA) is 59.5 Å². The van der Waals surface area contributed by atoms with Crippen LogP contribution in [0.25, 0.3) is 0 Å². The molecule has 0 N–H and O–H groups in total. The zero-order chi connectivity index (χ0) is 15.6. The predicted octanol–water partition coefficient (Wildman–Crippen LogP) is 2.50. The van der Waals surface area contributed by atoms with E-state index < -0.39 is 10.0 Å². The molecule has 1 saturated heterocycles. The maximum absolute atomic E-state index is 12.7. The van der Waals surface area contributed by atoms with Crippen molar-refractivity contribution in [1.82, 2.24) is 9.29 Å². The molecular weight excluding hydrogens is 324 g/mol. The van der Waals surface area contributed by atoms with Crippen molar-refractivity contribution < 1.29 is 13.2 Å². The molecule has 2 aromatic rings. The lowest BCUT2D eigenvalue weighted by molar-refractivity contribution is -0.00255. The minimum Gasteiger partial charge on any atom is -0.371 e. The number of pyridine rings is 1. The number of ether oxygens (including phenoxy) is 1. The molecule has 0 aliphatic carbocycles. The first-order valence-corrected chi connectivity index (χ1v) is 8.67. The van der Waals surface area contributed by atoms with E-state index in [2.05, 4.69) is 4.98 Å². The fourth-order valence-electron chi connectivity index (χ4n) is 2.38. The standard InChI is InChI=1S/C15H15ClN2O3S/c16-15-7-6-13(10-17-15)22(19,20)18-8-9-21-14(11-18)12-4-2-1-3-5-12/h1-7,10,14H,8-9,11H2. The van der Waals surface area contributed by atoms with Gasteiger partial charge in [-0.2, -0.15) is 4.31 Å². The normalized spacial score (nSPS) is 20.0. The molecule has 0 radical (unpaired) electrons. The third-order valence-electron chi connectivity index (χ3n) is 3.54. The number of sulfonamides is 1. The second-order valence-corrected chi connectivity index (χ2v) is 7.27. The molecule has 1 aromatic carbocycles. The summed E-state index contributed by atoms with van der Waals surface area (Å²) in [5.74, 6) is 0. The third-order valence-corrected chi connectivity index (χ3v) is 5.61. The summed E-state index contributed by atoms with van der Waals surface area (Å²) in [4.78, 5) is 3.99. The molecule has 0 amide bonds. The average molecular weight is 339 g/mol. The van der Waals surface area contributed by atoms with Crippen LogP contribution >= 0.6 is 11.6 Å². The molecule has 1 aliphatic rings. The first-order valence-electron chi connectivity index (χ1n) is 6.85. The van der Waals surface area contributed by atoms with Crippen molar-refractivity contribution in [3.05, 3.63) is 59.4 Å². The fourth-order valence-corrected chi connectivity index (χ4v) is 3.86. The first-order chi connectivity index (χ1) is 10.6. The zero-order valence-corrected chi connectivity index (χ0v) is 13.3. The quantitative estimate of drug-likeness (QED) is 0.807. The Balaban J connectivity index is 1.83. The average Bonchev–Trinajstić information content (AvgIpc) is 2.56. The number of morpholine rings is 1. The number of hydrogen-bond donors (Lipinski definition) is 0. The molecule has 116 valence electrons. The van der Waals surface area contributed by atoms with Crippen LogP contribution in [0.4, 0.5) is 0 Å². The highest BCUT2D eigenvalue weighted by Gasteiger charge is 2.31. The van der Waals surface area contributed by atoms with Crippen LogP contribution in [0.15, 0.2) is 53.6 Å². The van der Waals surface area contributed by atoms with Crippen molar-refractivity contribution in [1.29, 1.82) is 0 Å². The van der Waals surface area contributed by atoms with Crippen LogP contribution in [0.5, 0.6) is 0 Å². The molecule has 1 fully saturated rings. The number of benzene rings is 1. The van der Waals surface area contributed by atoms with Crippen molar-refractivity contribution in [3.63, 3.8) is 0 Å². The van der Waals surface area contributed by atoms with Gasteiger partial charge in [0.25, 0.3) is 0 Å². The summed E-state index contributed by atoms with van der Waals surface area (Å²) in [6.07, 6.45) is 1.02. The Labute approximate surface area is 134 Å². The molecule has 3 rings (SSSR count). The Bertz CT molecular complexity index is 735. The molecule has 1 aliphatic heterocycles. The van der Waals surface area contributed by atoms with Crippen molar-refractivity contribution in [2.75, 3.05) is 19.7 Å². The van der Waals surface area contributed by atoms with E-state index in [-0.39, 0.29) is 22.7 Å². The van der Waals surface area contributed by atoms with Gasteiger partial charge in [-0.15, -0.1) is 0 Å². The van der Waals surface area contributed by atoms with Crippen LogP contribution in [-0.4, -0.2) is 37.4 Å². The van der Waals surface area contributed by atoms with Crippen LogP contribution in [-0.2, 0) is 14.8 Å². The second kappa shape index (κ2) is 6.34. The predicted molar refractivity (Wildman–Crippen MR) is 83.1 cm³/mol. The Morgan fingerprint density at radius 1 is 1.18 bits per heavy atom. The summed E-state index contributed by atoms with van der Waals surface area (Å²) >= 11 is 5.71. The molecule has 0 bridgehead atoms. The van der Waals surface area contributed by atoms with Gasteiger partial charge in [0.15, 0.2) is 0 Å². The van der Waals surface area contributed by atoms with Crippen LogP contribution in [0.1, 0.15) is 11.7 Å². The van der Waals surface area contributed by atoms with E-state index in [1.807, 2.05) is 30.3 Å². The van der Waals surface area contributed by atoms with E-state index in [1.165, 1.54) is 22.6 Å². The Kier molecular flexibility index (Phi) is 4.44. The van der Waals surface area contributed by atoms with Crippen LogP contribution in [0.2, 0.25) is 5.15 Å². The van der Waals surface area contributed by atoms with Crippen molar-refractivity contribution in [2.45, 2.75) is 11.0 Å². The van der Waals surface area contributed by atoms with Gasteiger partial charge in [0.05, 0.1) is 12.7 Å². The molecule has 2 heterocycles. The molecule has 0 saturated carbocycles. The SMILES string of the molecule is O=S(=O)(c1ccc(Cl)nc1)N1CCOC(c2ccccc2)C1. The van der Waals surface area contributed by atoms with Gasteiger partial charge >= 0.3 is 0 Å². The first kappa shape index (κ1) is 15.4. The van der Waals surface area contributed by atoms with Gasteiger partial charge in [0.1, 0.15) is 10.0 Å². The summed E-state index contributed by atoms with van der Waals surface area (Å²) < 4.78 is 32.5. The van der Waals surface area contributed by atoms with E-state index in [9.17, 15) is 8.42 Å². The number of halogens is 1. The largest absolute Gasteiger partial charge is 0.371 e. The number of nitrogens with zero attached hydrogens (tertiary/aromatic N) is 2. The summed E-state index contributed by atoms with van der Waals surface area (Å²) in [6.45, 7) is 0.975. The van der Waals surface area contributed by atoms with Gasteiger partial charge in [-0.25, -0.2) is 13.4 Å². The maximum atomic E-state index is 12.7. The third kappa shape index (κ3) is 3.15. The highest BCUT2D eigenvalue weighted by Crippen LogP contribution is 2.26. The second-order valence-electron chi connectivity index (χ2n) is 4.95. The molecule has 5 nitrogen and oxygen atoms in total. The molecule has 7 heteroatoms. The van der Waals surface area contributed by atoms with Crippen molar-refractivity contribution in [3.8, 4) is 0 Å². The van der Waals surface area contributed by atoms with E-state index in [1.54, 1.807) is 0 Å². The Hall–Kier alpha value is -1.47. The van der Waals surface area contributed by atoms with Gasteiger partial charge in [0, 0.05) is 19.3 Å². The van der Waals surface area contributed by atoms with E-state index in [0.717, 1.165) is 5.56 Å². The number of rotatable bonds is 3. The smallest absolute Gasteiger partial charge is 0.244 e. The molecule has 0 spiro atoms. The summed E-state index contributed by atoms with van der Waals surface area (Å²) in [5.41, 5.74) is 0.969. The highest BCUT2D eigenvalue weighted by molar-refractivity contribution is 7.89. The van der Waals surface area contributed by atoms with E-state index >= 15 is 0 Å². The Morgan fingerprint density at radius 3 is 2.64 bits per heavy atom. The minimum atomic E-state index is -3.59. The van der Waals surface area contributed by atoms with Gasteiger partial charge in [-0.1, -0.05) is 41.9 Å². The molecule has 1 atom stereocenters. The van der Waals surface area contributed by atoms with Crippen LogP contribution < -0.4 is 0 Å². The van der Waals surface area contributed by atoms with Crippen LogP contribution in [0.3, 0.4) is 0 Å². The lowest BCUT2D eigenvalue weighted by atomic mass is 10.1. The van der Waals surface area contributed by atoms with E-state index in [0.29, 0.717) is 13.2 Å². The molecule has 22 heavy (non-hydrogen) atoms. The monoisotopic (exact) mass is 338 g/mol. The van der Waals surface area contributed by atoms with E-state index in [4.69, 9.17) is 16.3 Å². The summed E-state index contributed by atoms with van der Waals surface area (Å²) in [5, 5.41) is 0.267. The zero-order valence-electron chi connectivity index (χ0n) is 11.7. The molecule has 1 unspecified atom stereocenters. The molecule has 1 aromatic heterocycles. The Morgan fingerprint density at radius 2 is 1.95 bits per heavy atom. The molecular formula is C15H15ClN2O3S. The maximum Gasteiger partial charge on any atom is 0.244 e. The minimum absolute atomic E-state index is 0.144. The van der Waals surface area contributed by atoms with Gasteiger partial charge in [0.2, 0.25) is 10.0 Å². The lowest BCUT2D eigenvalue weighted by Gasteiger charge is -2.32. The highest BCUT2D eigenvalue weighted by atomic mass is 35.5. The van der Waals surface area contributed by atoms with Gasteiger partial charge in [-0.05, 0) is 17.7 Å². The van der Waals surface area contributed by atoms with Crippen molar-refractivity contribution >= 4 is 21.6 Å².